The number of hydrogen-bond donors (Lipinski definition) is 1. The lowest BCUT2D eigenvalue weighted by atomic mass is 10.0. The van der Waals surface area contributed by atoms with E-state index in [-0.39, 0.29) is 5.91 Å². The number of nitrogens with one attached hydrogen (secondary N) is 1. The number of methoxy groups -OCH3 is 1. The van der Waals surface area contributed by atoms with Crippen molar-refractivity contribution in [3.8, 4) is 5.75 Å². The number of rotatable bonds is 6. The van der Waals surface area contributed by atoms with E-state index in [1.54, 1.807) is 19.2 Å². The maximum atomic E-state index is 12.7. The maximum Gasteiger partial charge on any atom is 0.255 e. The summed E-state index contributed by atoms with van der Waals surface area (Å²) in [5, 5.41) is 3.01. The monoisotopic (exact) mass is 398 g/mol. The van der Waals surface area contributed by atoms with Gasteiger partial charge < -0.3 is 14.8 Å². The van der Waals surface area contributed by atoms with Crippen LogP contribution >= 0.6 is 0 Å². The van der Waals surface area contributed by atoms with Crippen molar-refractivity contribution in [2.45, 2.75) is 0 Å². The van der Waals surface area contributed by atoms with Gasteiger partial charge in [-0.05, 0) is 41.5 Å². The van der Waals surface area contributed by atoms with Crippen LogP contribution in [0.5, 0.6) is 5.75 Å². The van der Waals surface area contributed by atoms with E-state index in [1.807, 2.05) is 72.8 Å². The molecule has 0 spiro atoms. The fraction of sp³-hybridized carbons (Fsp3) is 0.120. The summed E-state index contributed by atoms with van der Waals surface area (Å²) in [6, 6.07) is 22.7. The molecule has 5 heteroatoms. The highest BCUT2D eigenvalue weighted by atomic mass is 16.5. The molecule has 0 saturated heterocycles. The van der Waals surface area contributed by atoms with Gasteiger partial charge in [0.15, 0.2) is 0 Å². The van der Waals surface area contributed by atoms with E-state index in [0.29, 0.717) is 30.3 Å². The molecule has 0 aromatic heterocycles. The number of anilines is 1. The molecule has 0 saturated carbocycles. The minimum Gasteiger partial charge on any atom is -0.497 e. The summed E-state index contributed by atoms with van der Waals surface area (Å²) in [5.41, 5.74) is 3.99. The van der Waals surface area contributed by atoms with Crippen molar-refractivity contribution < 1.29 is 14.3 Å². The number of hydrogen-bond acceptors (Lipinski definition) is 4. The Morgan fingerprint density at radius 2 is 1.80 bits per heavy atom. The quantitative estimate of drug-likeness (QED) is 0.601. The molecule has 3 aromatic carbocycles. The Bertz CT molecular complexity index is 1090. The third kappa shape index (κ3) is 4.41. The van der Waals surface area contributed by atoms with Crippen LogP contribution in [-0.2, 0) is 4.74 Å². The molecule has 3 aromatic rings. The van der Waals surface area contributed by atoms with Crippen LogP contribution in [0.1, 0.15) is 27.0 Å². The molecule has 0 fully saturated rings. The average Bonchev–Trinajstić information content (AvgIpc) is 3.33. The molecule has 150 valence electrons. The highest BCUT2D eigenvalue weighted by Crippen LogP contribution is 2.26. The number of amides is 1. The SMILES string of the molecule is COc1ccc(/C=C/c2cccc(NC(=O)c3ccccc3)c2C2=NCCO2)cc1. The molecule has 1 amide bonds. The highest BCUT2D eigenvalue weighted by molar-refractivity contribution is 6.10. The molecule has 0 unspecified atom stereocenters. The van der Waals surface area contributed by atoms with E-state index in [1.165, 1.54) is 0 Å². The number of carbonyl (C=O) groups excluding carboxylic acids is 1. The van der Waals surface area contributed by atoms with Crippen LogP contribution < -0.4 is 10.1 Å². The van der Waals surface area contributed by atoms with Crippen molar-refractivity contribution in [1.82, 2.24) is 0 Å². The predicted molar refractivity (Wildman–Crippen MR) is 120 cm³/mol. The molecule has 1 N–H and O–H groups in total. The molecule has 1 aliphatic rings. The largest absolute Gasteiger partial charge is 0.497 e. The molecule has 0 bridgehead atoms. The Balaban J connectivity index is 1.67. The van der Waals surface area contributed by atoms with Crippen molar-refractivity contribution in [2.24, 2.45) is 4.99 Å². The zero-order valence-corrected chi connectivity index (χ0v) is 16.7. The van der Waals surface area contributed by atoms with Crippen LogP contribution in [0.25, 0.3) is 12.2 Å². The average molecular weight is 398 g/mol. The van der Waals surface area contributed by atoms with Crippen LogP contribution in [-0.4, -0.2) is 32.1 Å². The van der Waals surface area contributed by atoms with Crippen LogP contribution in [0, 0.1) is 0 Å². The lowest BCUT2D eigenvalue weighted by molar-refractivity contribution is 0.102. The zero-order valence-electron chi connectivity index (χ0n) is 16.7. The van der Waals surface area contributed by atoms with Gasteiger partial charge in [-0.3, -0.25) is 4.79 Å². The number of ether oxygens (including phenoxy) is 2. The summed E-state index contributed by atoms with van der Waals surface area (Å²) in [5.74, 6) is 1.19. The fourth-order valence-corrected chi connectivity index (χ4v) is 3.22. The van der Waals surface area contributed by atoms with Crippen molar-refractivity contribution in [2.75, 3.05) is 25.6 Å². The summed E-state index contributed by atoms with van der Waals surface area (Å²) in [4.78, 5) is 17.2. The summed E-state index contributed by atoms with van der Waals surface area (Å²) in [6.45, 7) is 1.15. The van der Waals surface area contributed by atoms with Crippen LogP contribution in [0.3, 0.4) is 0 Å². The number of benzene rings is 3. The topological polar surface area (TPSA) is 59.9 Å². The molecule has 30 heavy (non-hydrogen) atoms. The van der Waals surface area contributed by atoms with Gasteiger partial charge in [-0.25, -0.2) is 4.99 Å². The Morgan fingerprint density at radius 3 is 2.50 bits per heavy atom. The second-order valence-electron chi connectivity index (χ2n) is 6.73. The van der Waals surface area contributed by atoms with Gasteiger partial charge in [0.2, 0.25) is 5.90 Å². The minimum absolute atomic E-state index is 0.174. The van der Waals surface area contributed by atoms with Crippen LogP contribution in [0.2, 0.25) is 0 Å². The second-order valence-corrected chi connectivity index (χ2v) is 6.73. The lowest BCUT2D eigenvalue weighted by Gasteiger charge is -2.14. The van der Waals surface area contributed by atoms with E-state index in [0.717, 1.165) is 22.4 Å². The molecule has 1 aliphatic heterocycles. The third-order valence-electron chi connectivity index (χ3n) is 4.75. The van der Waals surface area contributed by atoms with Gasteiger partial charge in [-0.15, -0.1) is 0 Å². The first-order valence-corrected chi connectivity index (χ1v) is 9.74. The van der Waals surface area contributed by atoms with Gasteiger partial charge in [-0.2, -0.15) is 0 Å². The second kappa shape index (κ2) is 9.09. The van der Waals surface area contributed by atoms with Gasteiger partial charge in [-0.1, -0.05) is 54.6 Å². The Kier molecular flexibility index (Phi) is 5.90. The number of aliphatic imine (C=N–C) groups is 1. The lowest BCUT2D eigenvalue weighted by Crippen LogP contribution is -2.16. The predicted octanol–water partition coefficient (Wildman–Crippen LogP) is 4.89. The third-order valence-corrected chi connectivity index (χ3v) is 4.75. The molecule has 5 nitrogen and oxygen atoms in total. The van der Waals surface area contributed by atoms with Crippen molar-refractivity contribution in [1.29, 1.82) is 0 Å². The molecular weight excluding hydrogens is 376 g/mol. The summed E-state index contributed by atoms with van der Waals surface area (Å²) >= 11 is 0. The minimum atomic E-state index is -0.174. The van der Waals surface area contributed by atoms with Gasteiger partial charge in [0.1, 0.15) is 12.4 Å². The molecule has 1 heterocycles. The molecular formula is C25H22N2O3. The van der Waals surface area contributed by atoms with Crippen molar-refractivity contribution >= 4 is 29.6 Å². The standard InChI is InChI=1S/C25H22N2O3/c1-29-21-14-11-18(12-15-21)10-13-19-8-5-9-22(23(19)25-26-16-17-30-25)27-24(28)20-6-3-2-4-7-20/h2-15H,16-17H2,1H3,(H,27,28)/b13-10+. The van der Waals surface area contributed by atoms with Crippen LogP contribution in [0.15, 0.2) is 77.8 Å². The molecule has 0 aliphatic carbocycles. The summed E-state index contributed by atoms with van der Waals surface area (Å²) < 4.78 is 10.9. The zero-order chi connectivity index (χ0) is 20.8. The summed E-state index contributed by atoms with van der Waals surface area (Å²) in [7, 11) is 1.65. The Hall–Kier alpha value is -3.86. The molecule has 0 atom stereocenters. The maximum absolute atomic E-state index is 12.7. The first kappa shape index (κ1) is 19.5. The van der Waals surface area contributed by atoms with Crippen molar-refractivity contribution in [3.05, 3.63) is 95.1 Å². The van der Waals surface area contributed by atoms with Gasteiger partial charge in [0, 0.05) is 5.56 Å². The van der Waals surface area contributed by atoms with E-state index in [2.05, 4.69) is 10.3 Å². The van der Waals surface area contributed by atoms with Crippen molar-refractivity contribution in [3.63, 3.8) is 0 Å². The Labute approximate surface area is 175 Å². The molecule has 0 radical (unpaired) electrons. The van der Waals surface area contributed by atoms with E-state index in [4.69, 9.17) is 9.47 Å². The first-order chi connectivity index (χ1) is 14.7. The smallest absolute Gasteiger partial charge is 0.255 e. The number of carbonyl (C=O) groups is 1. The summed E-state index contributed by atoms with van der Waals surface area (Å²) in [6.07, 6.45) is 4.01. The van der Waals surface area contributed by atoms with E-state index >= 15 is 0 Å². The first-order valence-electron chi connectivity index (χ1n) is 9.74. The Morgan fingerprint density at radius 1 is 1.00 bits per heavy atom. The van der Waals surface area contributed by atoms with Crippen LogP contribution in [0.4, 0.5) is 5.69 Å². The molecule has 4 rings (SSSR count). The fourth-order valence-electron chi connectivity index (χ4n) is 3.22. The van der Waals surface area contributed by atoms with Gasteiger partial charge in [0.25, 0.3) is 5.91 Å². The van der Waals surface area contributed by atoms with Gasteiger partial charge in [0.05, 0.1) is 24.9 Å². The van der Waals surface area contributed by atoms with E-state index < -0.39 is 0 Å². The normalized spacial score (nSPS) is 13.0. The van der Waals surface area contributed by atoms with Gasteiger partial charge >= 0.3 is 0 Å². The number of nitrogens with zero attached hydrogens (tertiary/aromatic N) is 1. The highest BCUT2D eigenvalue weighted by Gasteiger charge is 2.19. The van der Waals surface area contributed by atoms with E-state index in [9.17, 15) is 4.79 Å².